The van der Waals surface area contributed by atoms with Crippen molar-refractivity contribution >= 4 is 0 Å². The maximum absolute atomic E-state index is 13.2. The Morgan fingerprint density at radius 2 is 1.80 bits per heavy atom. The average Bonchev–Trinajstić information content (AvgIpc) is 3.17. The molecule has 0 atom stereocenters. The Morgan fingerprint density at radius 1 is 1.10 bits per heavy atom. The number of alkyl halides is 4. The van der Waals surface area contributed by atoms with Gasteiger partial charge < -0.3 is 9.26 Å². The number of hydrogen-bond donors (Lipinski definition) is 0. The van der Waals surface area contributed by atoms with E-state index in [0.29, 0.717) is 36.5 Å². The molecular formula is C20H20F4N4O2. The second-order valence-corrected chi connectivity index (χ2v) is 6.95. The SMILES string of the molecule is Cc1cc(-c2noc(C(F)F)n2)cc(C)c1OCCCc1ccc(C(C)(F)F)nn1. The highest BCUT2D eigenvalue weighted by Crippen LogP contribution is 2.30. The first-order valence-corrected chi connectivity index (χ1v) is 9.22. The number of aromatic nitrogens is 4. The van der Waals surface area contributed by atoms with Crippen molar-refractivity contribution in [3.8, 4) is 17.1 Å². The summed E-state index contributed by atoms with van der Waals surface area (Å²) in [4.78, 5) is 3.69. The summed E-state index contributed by atoms with van der Waals surface area (Å²) >= 11 is 0. The number of hydrogen-bond acceptors (Lipinski definition) is 6. The minimum absolute atomic E-state index is 0.0859. The lowest BCUT2D eigenvalue weighted by atomic mass is 10.1. The van der Waals surface area contributed by atoms with Crippen LogP contribution in [0, 0.1) is 13.8 Å². The van der Waals surface area contributed by atoms with E-state index in [-0.39, 0.29) is 11.5 Å². The summed E-state index contributed by atoms with van der Waals surface area (Å²) in [6.07, 6.45) is -1.69. The first-order valence-electron chi connectivity index (χ1n) is 9.22. The van der Waals surface area contributed by atoms with Crippen molar-refractivity contribution < 1.29 is 26.8 Å². The number of benzene rings is 1. The molecule has 0 amide bonds. The predicted molar refractivity (Wildman–Crippen MR) is 99.6 cm³/mol. The lowest BCUT2D eigenvalue weighted by Gasteiger charge is -2.13. The molecule has 3 rings (SSSR count). The van der Waals surface area contributed by atoms with E-state index >= 15 is 0 Å². The second kappa shape index (κ2) is 8.76. The van der Waals surface area contributed by atoms with Crippen LogP contribution in [0.1, 0.15) is 48.2 Å². The van der Waals surface area contributed by atoms with Gasteiger partial charge >= 0.3 is 6.43 Å². The van der Waals surface area contributed by atoms with Crippen molar-refractivity contribution in [2.24, 2.45) is 0 Å². The molecule has 3 aromatic rings. The monoisotopic (exact) mass is 424 g/mol. The third kappa shape index (κ3) is 5.11. The lowest BCUT2D eigenvalue weighted by Crippen LogP contribution is -2.11. The van der Waals surface area contributed by atoms with E-state index in [2.05, 4.69) is 24.9 Å². The molecule has 0 aliphatic rings. The Bertz CT molecular complexity index is 978. The molecule has 10 heteroatoms. The van der Waals surface area contributed by atoms with Gasteiger partial charge in [0.1, 0.15) is 11.4 Å². The van der Waals surface area contributed by atoms with E-state index in [1.807, 2.05) is 13.8 Å². The van der Waals surface area contributed by atoms with E-state index in [1.54, 1.807) is 12.1 Å². The third-order valence-electron chi connectivity index (χ3n) is 4.34. The molecule has 0 aliphatic heterocycles. The first-order chi connectivity index (χ1) is 14.1. The van der Waals surface area contributed by atoms with Crippen molar-refractivity contribution in [2.75, 3.05) is 6.61 Å². The lowest BCUT2D eigenvalue weighted by molar-refractivity contribution is 0.0117. The van der Waals surface area contributed by atoms with Gasteiger partial charge in [0.2, 0.25) is 5.82 Å². The van der Waals surface area contributed by atoms with Crippen LogP contribution in [-0.2, 0) is 12.3 Å². The van der Waals surface area contributed by atoms with Gasteiger partial charge in [-0.1, -0.05) is 5.16 Å². The van der Waals surface area contributed by atoms with Gasteiger partial charge in [-0.2, -0.15) is 27.6 Å². The zero-order chi connectivity index (χ0) is 21.9. The van der Waals surface area contributed by atoms with Gasteiger partial charge in [0.05, 0.1) is 12.3 Å². The zero-order valence-corrected chi connectivity index (χ0v) is 16.6. The van der Waals surface area contributed by atoms with E-state index in [9.17, 15) is 17.6 Å². The Labute approximate surface area is 170 Å². The number of rotatable bonds is 8. The fourth-order valence-electron chi connectivity index (χ4n) is 2.90. The third-order valence-corrected chi connectivity index (χ3v) is 4.34. The van der Waals surface area contributed by atoms with Crippen molar-refractivity contribution in [3.05, 3.63) is 52.7 Å². The van der Waals surface area contributed by atoms with Crippen LogP contribution in [0.2, 0.25) is 0 Å². The van der Waals surface area contributed by atoms with E-state index in [1.165, 1.54) is 12.1 Å². The van der Waals surface area contributed by atoms with Crippen LogP contribution in [0.5, 0.6) is 5.75 Å². The summed E-state index contributed by atoms with van der Waals surface area (Å²) in [7, 11) is 0. The molecule has 0 aliphatic carbocycles. The van der Waals surface area contributed by atoms with Crippen LogP contribution >= 0.6 is 0 Å². The summed E-state index contributed by atoms with van der Waals surface area (Å²) in [5.41, 5.74) is 2.37. The van der Waals surface area contributed by atoms with Crippen LogP contribution in [0.3, 0.4) is 0 Å². The van der Waals surface area contributed by atoms with Crippen LogP contribution in [0.15, 0.2) is 28.8 Å². The molecule has 0 N–H and O–H groups in total. The summed E-state index contributed by atoms with van der Waals surface area (Å²) in [6, 6.07) is 6.27. The van der Waals surface area contributed by atoms with Crippen molar-refractivity contribution in [3.63, 3.8) is 0 Å². The molecule has 2 heterocycles. The van der Waals surface area contributed by atoms with Crippen molar-refractivity contribution in [2.45, 2.75) is 46.0 Å². The maximum atomic E-state index is 13.2. The van der Waals surface area contributed by atoms with Gasteiger partial charge in [-0.05, 0) is 62.1 Å². The van der Waals surface area contributed by atoms with E-state index in [0.717, 1.165) is 18.1 Å². The molecule has 1 aromatic carbocycles. The van der Waals surface area contributed by atoms with Gasteiger partial charge in [0, 0.05) is 12.5 Å². The van der Waals surface area contributed by atoms with Gasteiger partial charge in [-0.3, -0.25) is 0 Å². The smallest absolute Gasteiger partial charge is 0.315 e. The fourth-order valence-corrected chi connectivity index (χ4v) is 2.90. The Kier molecular flexibility index (Phi) is 6.33. The van der Waals surface area contributed by atoms with Crippen molar-refractivity contribution in [1.82, 2.24) is 20.3 Å². The molecular weight excluding hydrogens is 404 g/mol. The molecule has 0 saturated carbocycles. The number of aryl methyl sites for hydroxylation is 3. The van der Waals surface area contributed by atoms with Gasteiger partial charge in [-0.15, -0.1) is 5.10 Å². The van der Waals surface area contributed by atoms with E-state index in [4.69, 9.17) is 4.74 Å². The van der Waals surface area contributed by atoms with Crippen LogP contribution in [0.4, 0.5) is 17.6 Å². The Morgan fingerprint density at radius 3 is 2.33 bits per heavy atom. The van der Waals surface area contributed by atoms with E-state index < -0.39 is 18.2 Å². The van der Waals surface area contributed by atoms with Crippen LogP contribution < -0.4 is 4.74 Å². The largest absolute Gasteiger partial charge is 0.493 e. The minimum atomic E-state index is -3.02. The van der Waals surface area contributed by atoms with Gasteiger partial charge in [0.15, 0.2) is 0 Å². The fraction of sp³-hybridized carbons (Fsp3) is 0.400. The summed E-state index contributed by atoms with van der Waals surface area (Å²) < 4.78 is 62.0. The molecule has 160 valence electrons. The molecule has 30 heavy (non-hydrogen) atoms. The number of ether oxygens (including phenoxy) is 1. The molecule has 2 aromatic heterocycles. The highest BCUT2D eigenvalue weighted by Gasteiger charge is 2.26. The normalized spacial score (nSPS) is 11.9. The number of halogens is 4. The minimum Gasteiger partial charge on any atom is -0.493 e. The maximum Gasteiger partial charge on any atom is 0.315 e. The Balaban J connectivity index is 1.59. The standard InChI is InChI=1S/C20H20F4N4O2/c1-11-9-13(18-25-19(17(21)22)30-28-18)10-12(2)16(11)29-8-4-5-14-6-7-15(27-26-14)20(3,23)24/h6-7,9-10,17H,4-5,8H2,1-3H3. The molecule has 0 radical (unpaired) electrons. The first kappa shape index (κ1) is 21.7. The molecule has 0 saturated heterocycles. The summed E-state index contributed by atoms with van der Waals surface area (Å²) in [5, 5.41) is 11.0. The van der Waals surface area contributed by atoms with Crippen LogP contribution in [-0.4, -0.2) is 26.9 Å². The van der Waals surface area contributed by atoms with Gasteiger partial charge in [-0.25, -0.2) is 0 Å². The zero-order valence-electron chi connectivity index (χ0n) is 16.6. The highest BCUT2D eigenvalue weighted by atomic mass is 19.3. The van der Waals surface area contributed by atoms with Crippen LogP contribution in [0.25, 0.3) is 11.4 Å². The molecule has 0 bridgehead atoms. The molecule has 6 nitrogen and oxygen atoms in total. The molecule has 0 spiro atoms. The van der Waals surface area contributed by atoms with Gasteiger partial charge in [0.25, 0.3) is 11.8 Å². The molecule has 0 fully saturated rings. The molecule has 0 unspecified atom stereocenters. The predicted octanol–water partition coefficient (Wildman–Crippen LogP) is 5.20. The quantitative estimate of drug-likeness (QED) is 0.365. The highest BCUT2D eigenvalue weighted by molar-refractivity contribution is 5.61. The summed E-state index contributed by atoms with van der Waals surface area (Å²) in [5.74, 6) is -2.98. The average molecular weight is 424 g/mol. The van der Waals surface area contributed by atoms with Crippen molar-refractivity contribution in [1.29, 1.82) is 0 Å². The summed E-state index contributed by atoms with van der Waals surface area (Å²) in [6.45, 7) is 4.81. The second-order valence-electron chi connectivity index (χ2n) is 6.95. The topological polar surface area (TPSA) is 73.9 Å². The number of nitrogens with zero attached hydrogens (tertiary/aromatic N) is 4. The Hall–Kier alpha value is -3.04.